The van der Waals surface area contributed by atoms with Crippen LogP contribution in [0, 0.1) is 0 Å². The Hall–Kier alpha value is -2.86. The predicted molar refractivity (Wildman–Crippen MR) is 99.0 cm³/mol. The molecule has 0 radical (unpaired) electrons. The van der Waals surface area contributed by atoms with Crippen molar-refractivity contribution in [1.29, 1.82) is 0 Å². The van der Waals surface area contributed by atoms with Gasteiger partial charge in [-0.05, 0) is 56.3 Å². The van der Waals surface area contributed by atoms with Crippen LogP contribution >= 0.6 is 11.6 Å². The number of rotatable bonds is 4. The molecule has 0 aromatic heterocycles. The molecule has 1 atom stereocenters. The van der Waals surface area contributed by atoms with Crippen LogP contribution in [0.5, 0.6) is 5.75 Å². The van der Waals surface area contributed by atoms with Gasteiger partial charge in [-0.15, -0.1) is 0 Å². The Balaban J connectivity index is 1.88. The van der Waals surface area contributed by atoms with E-state index in [-0.39, 0.29) is 24.2 Å². The first kappa shape index (κ1) is 17.9. The fourth-order valence-electron chi connectivity index (χ4n) is 2.71. The summed E-state index contributed by atoms with van der Waals surface area (Å²) in [4.78, 5) is 38.0. The van der Waals surface area contributed by atoms with E-state index in [4.69, 9.17) is 16.3 Å². The van der Waals surface area contributed by atoms with E-state index in [1.165, 1.54) is 11.8 Å². The monoisotopic (exact) mass is 372 g/mol. The van der Waals surface area contributed by atoms with Gasteiger partial charge in [0.2, 0.25) is 5.91 Å². The van der Waals surface area contributed by atoms with Crippen molar-refractivity contribution in [2.45, 2.75) is 19.9 Å². The normalized spacial score (nSPS) is 14.3. The third-order valence-electron chi connectivity index (χ3n) is 4.12. The molecule has 26 heavy (non-hydrogen) atoms. The molecule has 1 N–H and O–H groups in total. The van der Waals surface area contributed by atoms with Gasteiger partial charge in [-0.3, -0.25) is 19.3 Å². The molecule has 2 aromatic carbocycles. The van der Waals surface area contributed by atoms with E-state index in [1.54, 1.807) is 49.4 Å². The van der Waals surface area contributed by atoms with Crippen molar-refractivity contribution >= 4 is 40.6 Å². The van der Waals surface area contributed by atoms with E-state index in [0.717, 1.165) is 0 Å². The van der Waals surface area contributed by atoms with Crippen LogP contribution in [-0.2, 0) is 9.59 Å². The van der Waals surface area contributed by atoms with Gasteiger partial charge in [-0.1, -0.05) is 11.6 Å². The van der Waals surface area contributed by atoms with Crippen molar-refractivity contribution in [2.75, 3.05) is 16.8 Å². The summed E-state index contributed by atoms with van der Waals surface area (Å²) in [7, 11) is 0. The van der Waals surface area contributed by atoms with Crippen LogP contribution in [0.4, 0.5) is 11.4 Å². The summed E-state index contributed by atoms with van der Waals surface area (Å²) in [5, 5.41) is 3.32. The fraction of sp³-hybridized carbons (Fsp3) is 0.211. The molecule has 1 aliphatic heterocycles. The highest BCUT2D eigenvalue weighted by atomic mass is 35.5. The van der Waals surface area contributed by atoms with Crippen LogP contribution in [-0.4, -0.2) is 30.2 Å². The number of fused-ring (bicyclic) bond motifs is 1. The van der Waals surface area contributed by atoms with Crippen LogP contribution in [0.2, 0.25) is 5.02 Å². The lowest BCUT2D eigenvalue weighted by atomic mass is 10.1. The standard InChI is InChI=1S/C19H17ClN2O4/c1-11(19(25)21-15-6-4-14(20)5-7-15)22-16-9-13(12(2)23)3-8-17(16)26-10-18(22)24/h3-9,11H,10H2,1-2H3,(H,21,25). The smallest absolute Gasteiger partial charge is 0.265 e. The number of nitrogens with one attached hydrogen (secondary N) is 1. The van der Waals surface area contributed by atoms with Gasteiger partial charge >= 0.3 is 0 Å². The Morgan fingerprint density at radius 2 is 1.88 bits per heavy atom. The van der Waals surface area contributed by atoms with Gasteiger partial charge in [0.1, 0.15) is 11.8 Å². The third-order valence-corrected chi connectivity index (χ3v) is 4.38. The minimum absolute atomic E-state index is 0.135. The molecule has 2 aromatic rings. The average molecular weight is 373 g/mol. The van der Waals surface area contributed by atoms with Crippen molar-refractivity contribution in [2.24, 2.45) is 0 Å². The number of ketones is 1. The van der Waals surface area contributed by atoms with Crippen LogP contribution < -0.4 is 15.0 Å². The number of nitrogens with zero attached hydrogens (tertiary/aromatic N) is 1. The lowest BCUT2D eigenvalue weighted by Gasteiger charge is -2.33. The maximum absolute atomic E-state index is 12.6. The second-order valence-electron chi connectivity index (χ2n) is 5.96. The number of benzene rings is 2. The maximum Gasteiger partial charge on any atom is 0.265 e. The zero-order valence-corrected chi connectivity index (χ0v) is 15.0. The second kappa shape index (κ2) is 7.17. The minimum atomic E-state index is -0.789. The van der Waals surface area contributed by atoms with Gasteiger partial charge in [-0.2, -0.15) is 0 Å². The van der Waals surface area contributed by atoms with Gasteiger partial charge in [0.25, 0.3) is 5.91 Å². The van der Waals surface area contributed by atoms with Crippen molar-refractivity contribution in [3.63, 3.8) is 0 Å². The number of halogens is 1. The molecular formula is C19H17ClN2O4. The quantitative estimate of drug-likeness (QED) is 0.835. The maximum atomic E-state index is 12.6. The van der Waals surface area contributed by atoms with E-state index < -0.39 is 6.04 Å². The Labute approximate surface area is 155 Å². The molecule has 0 bridgehead atoms. The Bertz CT molecular complexity index is 880. The molecule has 0 saturated carbocycles. The molecule has 2 amide bonds. The predicted octanol–water partition coefficient (Wildman–Crippen LogP) is 3.30. The molecule has 0 saturated heterocycles. The molecule has 0 aliphatic carbocycles. The molecule has 0 fully saturated rings. The van der Waals surface area contributed by atoms with Crippen LogP contribution in [0.3, 0.4) is 0 Å². The lowest BCUT2D eigenvalue weighted by Crippen LogP contribution is -2.49. The lowest BCUT2D eigenvalue weighted by molar-refractivity contribution is -0.125. The van der Waals surface area contributed by atoms with Crippen LogP contribution in [0.15, 0.2) is 42.5 Å². The zero-order chi connectivity index (χ0) is 18.8. The van der Waals surface area contributed by atoms with Gasteiger partial charge in [0, 0.05) is 16.3 Å². The van der Waals surface area contributed by atoms with Gasteiger partial charge in [0.15, 0.2) is 12.4 Å². The second-order valence-corrected chi connectivity index (χ2v) is 6.40. The van der Waals surface area contributed by atoms with Gasteiger partial charge in [0.05, 0.1) is 5.69 Å². The summed E-state index contributed by atoms with van der Waals surface area (Å²) in [6.45, 7) is 2.90. The number of hydrogen-bond donors (Lipinski definition) is 1. The van der Waals surface area contributed by atoms with E-state index in [1.807, 2.05) is 0 Å². The van der Waals surface area contributed by atoms with Gasteiger partial charge < -0.3 is 10.1 Å². The zero-order valence-electron chi connectivity index (χ0n) is 14.3. The number of hydrogen-bond acceptors (Lipinski definition) is 4. The molecule has 7 heteroatoms. The van der Waals surface area contributed by atoms with E-state index >= 15 is 0 Å². The molecule has 1 unspecified atom stereocenters. The highest BCUT2D eigenvalue weighted by molar-refractivity contribution is 6.30. The molecule has 3 rings (SSSR count). The fourth-order valence-corrected chi connectivity index (χ4v) is 2.84. The van der Waals surface area contributed by atoms with E-state index in [9.17, 15) is 14.4 Å². The number of carbonyl (C=O) groups is 3. The Morgan fingerprint density at radius 3 is 2.54 bits per heavy atom. The number of Topliss-reactive ketones (excluding diaryl/α,β-unsaturated/α-hetero) is 1. The van der Waals surface area contributed by atoms with E-state index in [0.29, 0.717) is 27.7 Å². The van der Waals surface area contributed by atoms with Crippen LogP contribution in [0.1, 0.15) is 24.2 Å². The molecule has 6 nitrogen and oxygen atoms in total. The Morgan fingerprint density at radius 1 is 1.19 bits per heavy atom. The number of amides is 2. The summed E-state index contributed by atoms with van der Waals surface area (Å²) in [6, 6.07) is 10.7. The largest absolute Gasteiger partial charge is 0.482 e. The molecule has 0 spiro atoms. The summed E-state index contributed by atoms with van der Waals surface area (Å²) < 4.78 is 5.41. The van der Waals surface area contributed by atoms with Crippen molar-refractivity contribution < 1.29 is 19.1 Å². The van der Waals surface area contributed by atoms with Gasteiger partial charge in [-0.25, -0.2) is 0 Å². The first-order chi connectivity index (χ1) is 12.4. The van der Waals surface area contributed by atoms with Crippen molar-refractivity contribution in [1.82, 2.24) is 0 Å². The van der Waals surface area contributed by atoms with Crippen molar-refractivity contribution in [3.8, 4) is 5.75 Å². The number of ether oxygens (including phenoxy) is 1. The molecular weight excluding hydrogens is 356 g/mol. The highest BCUT2D eigenvalue weighted by Crippen LogP contribution is 2.34. The summed E-state index contributed by atoms with van der Waals surface area (Å²) in [5.74, 6) is -0.386. The topological polar surface area (TPSA) is 75.7 Å². The first-order valence-corrected chi connectivity index (χ1v) is 8.41. The number of carbonyl (C=O) groups excluding carboxylic acids is 3. The van der Waals surface area contributed by atoms with Crippen LogP contribution in [0.25, 0.3) is 0 Å². The highest BCUT2D eigenvalue weighted by Gasteiger charge is 2.33. The van der Waals surface area contributed by atoms with Crippen molar-refractivity contribution in [3.05, 3.63) is 53.1 Å². The molecule has 134 valence electrons. The third kappa shape index (κ3) is 3.55. The molecule has 1 heterocycles. The molecule has 1 aliphatic rings. The first-order valence-electron chi connectivity index (χ1n) is 8.03. The number of anilines is 2. The Kier molecular flexibility index (Phi) is 4.95. The average Bonchev–Trinajstić information content (AvgIpc) is 2.62. The minimum Gasteiger partial charge on any atom is -0.482 e. The summed E-state index contributed by atoms with van der Waals surface area (Å²) in [6.07, 6.45) is 0. The summed E-state index contributed by atoms with van der Waals surface area (Å²) in [5.41, 5.74) is 1.43. The SMILES string of the molecule is CC(=O)c1ccc2c(c1)N(C(C)C(=O)Nc1ccc(Cl)cc1)C(=O)CO2. The van der Waals surface area contributed by atoms with E-state index in [2.05, 4.69) is 5.32 Å². The summed E-state index contributed by atoms with van der Waals surface area (Å²) >= 11 is 5.84.